The zero-order valence-corrected chi connectivity index (χ0v) is 53.3. The molecule has 1 atom stereocenters. The molecule has 0 saturated carbocycles. The van der Waals surface area contributed by atoms with E-state index in [0.717, 1.165) is 103 Å². The molecule has 0 aromatic heterocycles. The normalized spacial score (nSPS) is 12.8. The molecule has 0 N–H and O–H groups in total. The molecule has 0 aliphatic rings. The van der Waals surface area contributed by atoms with E-state index >= 15 is 0 Å². The summed E-state index contributed by atoms with van der Waals surface area (Å²) in [5.41, 5.74) is 0. The number of carbonyl (C=O) groups is 3. The van der Waals surface area contributed by atoms with Crippen LogP contribution in [0.3, 0.4) is 0 Å². The summed E-state index contributed by atoms with van der Waals surface area (Å²) in [7, 11) is 0. The second-order valence-electron chi connectivity index (χ2n) is 22.7. The highest BCUT2D eigenvalue weighted by atomic mass is 16.6. The minimum atomic E-state index is -0.801. The van der Waals surface area contributed by atoms with Gasteiger partial charge in [-0.2, -0.15) is 0 Å². The Morgan fingerprint density at radius 1 is 0.259 bits per heavy atom. The summed E-state index contributed by atoms with van der Waals surface area (Å²) < 4.78 is 16.9. The van der Waals surface area contributed by atoms with Crippen molar-refractivity contribution in [2.75, 3.05) is 13.2 Å². The summed E-state index contributed by atoms with van der Waals surface area (Å²) in [6.07, 6.45) is 94.0. The van der Waals surface area contributed by atoms with Gasteiger partial charge in [0.2, 0.25) is 0 Å². The molecule has 6 nitrogen and oxygen atoms in total. The molecule has 1 unspecified atom stereocenters. The second kappa shape index (κ2) is 68.6. The lowest BCUT2D eigenvalue weighted by atomic mass is 10.0. The Kier molecular flexibility index (Phi) is 65.2. The van der Waals surface area contributed by atoms with Crippen molar-refractivity contribution < 1.29 is 28.6 Å². The Morgan fingerprint density at radius 2 is 0.481 bits per heavy atom. The van der Waals surface area contributed by atoms with Crippen LogP contribution in [0, 0.1) is 0 Å². The van der Waals surface area contributed by atoms with E-state index in [9.17, 15) is 14.4 Å². The van der Waals surface area contributed by atoms with Gasteiger partial charge in [-0.3, -0.25) is 14.4 Å². The number of hydrogen-bond acceptors (Lipinski definition) is 6. The van der Waals surface area contributed by atoms with Gasteiger partial charge in [0.25, 0.3) is 0 Å². The third kappa shape index (κ3) is 66.8. The first-order chi connectivity index (χ1) is 40.0. The SMILES string of the molecule is CC/C=C\C/C=C\C/C=C\C/C=C\CCCCC(=O)OCC(COC(=O)CCCCCCCCCCCCCCCC/C=C\C/C=C\C/C=C\CCCCCCC)OC(=O)CCCCCCCCCCC/C=C\C/C=C\CCCCC. The van der Waals surface area contributed by atoms with E-state index in [-0.39, 0.29) is 31.1 Å². The Bertz CT molecular complexity index is 1620. The summed E-state index contributed by atoms with van der Waals surface area (Å²) in [6.45, 7) is 6.48. The second-order valence-corrected chi connectivity index (χ2v) is 22.7. The van der Waals surface area contributed by atoms with Crippen molar-refractivity contribution >= 4 is 17.9 Å². The van der Waals surface area contributed by atoms with Gasteiger partial charge in [0.05, 0.1) is 0 Å². The Morgan fingerprint density at radius 3 is 0.802 bits per heavy atom. The molecule has 0 aromatic rings. The standard InChI is InChI=1S/C75H128O6/c1-4-7-10-13-16-19-22-25-28-30-32-33-34-35-36-37-38-39-40-41-43-44-47-50-53-56-59-62-65-68-74(77)80-71-72(70-79-73(76)67-64-61-58-55-52-49-46-27-24-21-18-15-12-9-6-3)81-75(78)69-66-63-60-57-54-51-48-45-42-31-29-26-23-20-17-14-11-8-5-2/h9,12,17-18,20-22,25-27,29-30,32,34-35,46,52,55,72H,4-8,10-11,13-16,19,23-24,28,31,33,36-45,47-51,53-54,56-71H2,1-3H3/b12-9-,20-17-,21-18-,25-22-,29-26-,32-30-,35-34-,46-27-,55-52-. The third-order valence-electron chi connectivity index (χ3n) is 14.7. The minimum Gasteiger partial charge on any atom is -0.462 e. The summed E-state index contributed by atoms with van der Waals surface area (Å²) in [6, 6.07) is 0. The molecule has 0 bridgehead atoms. The van der Waals surface area contributed by atoms with Crippen LogP contribution in [0.25, 0.3) is 0 Å². The Hall–Kier alpha value is -3.93. The molecule has 0 heterocycles. The lowest BCUT2D eigenvalue weighted by molar-refractivity contribution is -0.167. The first kappa shape index (κ1) is 77.1. The molecule has 0 amide bonds. The Labute approximate surface area is 501 Å². The van der Waals surface area contributed by atoms with Crippen LogP contribution in [-0.2, 0) is 28.6 Å². The third-order valence-corrected chi connectivity index (χ3v) is 14.7. The van der Waals surface area contributed by atoms with Gasteiger partial charge < -0.3 is 14.2 Å². The highest BCUT2D eigenvalue weighted by Crippen LogP contribution is 2.17. The number of ether oxygens (including phenoxy) is 3. The number of allylic oxidation sites excluding steroid dienone is 18. The Balaban J connectivity index is 4.32. The minimum absolute atomic E-state index is 0.0929. The zero-order chi connectivity index (χ0) is 58.5. The summed E-state index contributed by atoms with van der Waals surface area (Å²) in [5, 5.41) is 0. The summed E-state index contributed by atoms with van der Waals surface area (Å²) in [4.78, 5) is 38.4. The fraction of sp³-hybridized carbons (Fsp3) is 0.720. The maximum atomic E-state index is 12.9. The molecular weight excluding hydrogens is 997 g/mol. The molecular formula is C75H128O6. The van der Waals surface area contributed by atoms with Crippen LogP contribution in [0.2, 0.25) is 0 Å². The van der Waals surface area contributed by atoms with Gasteiger partial charge in [-0.15, -0.1) is 0 Å². The maximum Gasteiger partial charge on any atom is 0.306 e. The number of esters is 3. The van der Waals surface area contributed by atoms with Gasteiger partial charge in [0.15, 0.2) is 6.10 Å². The lowest BCUT2D eigenvalue weighted by Crippen LogP contribution is -2.30. The van der Waals surface area contributed by atoms with Crippen LogP contribution in [0.1, 0.15) is 329 Å². The van der Waals surface area contributed by atoms with Crippen molar-refractivity contribution in [3.05, 3.63) is 109 Å². The van der Waals surface area contributed by atoms with Crippen LogP contribution >= 0.6 is 0 Å². The van der Waals surface area contributed by atoms with E-state index in [2.05, 4.69) is 130 Å². The van der Waals surface area contributed by atoms with Crippen LogP contribution in [-0.4, -0.2) is 37.2 Å². The van der Waals surface area contributed by atoms with Gasteiger partial charge >= 0.3 is 17.9 Å². The monoisotopic (exact) mass is 1120 g/mol. The van der Waals surface area contributed by atoms with Crippen LogP contribution in [0.15, 0.2) is 109 Å². The molecule has 0 aliphatic carbocycles. The van der Waals surface area contributed by atoms with Crippen molar-refractivity contribution in [1.29, 1.82) is 0 Å². The molecule has 81 heavy (non-hydrogen) atoms. The van der Waals surface area contributed by atoms with E-state index in [0.29, 0.717) is 19.3 Å². The average Bonchev–Trinajstić information content (AvgIpc) is 3.47. The molecule has 0 aliphatic heterocycles. The molecule has 0 rings (SSSR count). The first-order valence-electron chi connectivity index (χ1n) is 34.4. The molecule has 0 fully saturated rings. The maximum absolute atomic E-state index is 12.9. The van der Waals surface area contributed by atoms with Gasteiger partial charge in [0.1, 0.15) is 13.2 Å². The highest BCUT2D eigenvalue weighted by Gasteiger charge is 2.19. The van der Waals surface area contributed by atoms with Crippen molar-refractivity contribution in [3.8, 4) is 0 Å². The van der Waals surface area contributed by atoms with E-state index in [1.54, 1.807) is 0 Å². The van der Waals surface area contributed by atoms with Crippen LogP contribution in [0.4, 0.5) is 0 Å². The van der Waals surface area contributed by atoms with E-state index in [4.69, 9.17) is 14.2 Å². The summed E-state index contributed by atoms with van der Waals surface area (Å²) >= 11 is 0. The lowest BCUT2D eigenvalue weighted by Gasteiger charge is -2.18. The van der Waals surface area contributed by atoms with Crippen molar-refractivity contribution in [1.82, 2.24) is 0 Å². The fourth-order valence-corrected chi connectivity index (χ4v) is 9.59. The predicted octanol–water partition coefficient (Wildman–Crippen LogP) is 23.8. The molecule has 0 radical (unpaired) electrons. The van der Waals surface area contributed by atoms with Crippen molar-refractivity contribution in [2.45, 2.75) is 335 Å². The number of carbonyl (C=O) groups excluding carboxylic acids is 3. The van der Waals surface area contributed by atoms with Crippen LogP contribution in [0.5, 0.6) is 0 Å². The van der Waals surface area contributed by atoms with Crippen molar-refractivity contribution in [2.24, 2.45) is 0 Å². The fourth-order valence-electron chi connectivity index (χ4n) is 9.59. The zero-order valence-electron chi connectivity index (χ0n) is 53.3. The molecule has 0 aromatic carbocycles. The van der Waals surface area contributed by atoms with Gasteiger partial charge in [-0.05, 0) is 128 Å². The van der Waals surface area contributed by atoms with Crippen molar-refractivity contribution in [3.63, 3.8) is 0 Å². The van der Waals surface area contributed by atoms with Gasteiger partial charge in [-0.1, -0.05) is 291 Å². The first-order valence-corrected chi connectivity index (χ1v) is 34.4. The predicted molar refractivity (Wildman–Crippen MR) is 353 cm³/mol. The molecule has 0 spiro atoms. The largest absolute Gasteiger partial charge is 0.462 e. The quantitative estimate of drug-likeness (QED) is 0.0261. The number of unbranched alkanes of at least 4 members (excludes halogenated alkanes) is 33. The number of rotatable bonds is 62. The van der Waals surface area contributed by atoms with E-state index in [1.165, 1.54) is 186 Å². The van der Waals surface area contributed by atoms with Gasteiger partial charge in [-0.25, -0.2) is 0 Å². The average molecular weight is 1130 g/mol. The highest BCUT2D eigenvalue weighted by molar-refractivity contribution is 5.71. The van der Waals surface area contributed by atoms with E-state index < -0.39 is 6.10 Å². The molecule has 6 heteroatoms. The smallest absolute Gasteiger partial charge is 0.306 e. The van der Waals surface area contributed by atoms with E-state index in [1.807, 2.05) is 0 Å². The number of hydrogen-bond donors (Lipinski definition) is 0. The topological polar surface area (TPSA) is 78.9 Å². The molecule has 0 saturated heterocycles. The molecule has 464 valence electrons. The van der Waals surface area contributed by atoms with Crippen LogP contribution < -0.4 is 0 Å². The van der Waals surface area contributed by atoms with Gasteiger partial charge in [0, 0.05) is 19.3 Å². The summed E-state index contributed by atoms with van der Waals surface area (Å²) in [5.74, 6) is -0.931.